The standard InChI is InChI=1S/C26H19BrClNO6S/c1-33-18-9-7-16(8-10-18)25(31)35-23-19(27)11-15(12-21(23)34-2)13-22-24(30)29(26(32)36-22)14-17-5-3-4-6-20(17)28/h3-13H,14H2,1-2H3/b22-13-. The summed E-state index contributed by atoms with van der Waals surface area (Å²) in [5, 5.41) is 0.0937. The van der Waals surface area contributed by atoms with E-state index in [-0.39, 0.29) is 28.2 Å². The number of rotatable bonds is 7. The Balaban J connectivity index is 1.55. The molecule has 0 radical (unpaired) electrons. The maximum atomic E-state index is 12.9. The average Bonchev–Trinajstić information content (AvgIpc) is 3.13. The molecular formula is C26H19BrClNO6S. The van der Waals surface area contributed by atoms with Gasteiger partial charge in [0, 0.05) is 5.02 Å². The van der Waals surface area contributed by atoms with E-state index in [1.165, 1.54) is 14.2 Å². The van der Waals surface area contributed by atoms with E-state index < -0.39 is 11.9 Å². The van der Waals surface area contributed by atoms with Crippen molar-refractivity contribution in [1.82, 2.24) is 4.90 Å². The highest BCUT2D eigenvalue weighted by atomic mass is 79.9. The molecule has 0 aliphatic carbocycles. The van der Waals surface area contributed by atoms with Gasteiger partial charge in [-0.05, 0) is 87.4 Å². The number of carbonyl (C=O) groups is 3. The minimum atomic E-state index is -0.579. The van der Waals surface area contributed by atoms with Crippen molar-refractivity contribution in [3.8, 4) is 17.2 Å². The van der Waals surface area contributed by atoms with E-state index in [0.717, 1.165) is 16.7 Å². The van der Waals surface area contributed by atoms with E-state index in [0.29, 0.717) is 31.9 Å². The van der Waals surface area contributed by atoms with Crippen LogP contribution in [0.1, 0.15) is 21.5 Å². The zero-order valence-electron chi connectivity index (χ0n) is 19.1. The molecule has 1 aliphatic rings. The zero-order chi connectivity index (χ0) is 25.8. The number of carbonyl (C=O) groups excluding carboxylic acids is 3. The molecule has 0 spiro atoms. The third-order valence-corrected chi connectivity index (χ3v) is 7.10. The largest absolute Gasteiger partial charge is 0.497 e. The average molecular weight is 589 g/mol. The number of hydrogen-bond donors (Lipinski definition) is 0. The van der Waals surface area contributed by atoms with Gasteiger partial charge in [0.15, 0.2) is 11.5 Å². The fraction of sp³-hybridized carbons (Fsp3) is 0.115. The number of benzene rings is 3. The summed E-state index contributed by atoms with van der Waals surface area (Å²) in [6, 6.07) is 16.8. The van der Waals surface area contributed by atoms with Crippen LogP contribution in [0.15, 0.2) is 70.0 Å². The summed E-state index contributed by atoms with van der Waals surface area (Å²) in [4.78, 5) is 39.5. The van der Waals surface area contributed by atoms with E-state index in [9.17, 15) is 14.4 Å². The molecular weight excluding hydrogens is 570 g/mol. The van der Waals surface area contributed by atoms with Crippen LogP contribution < -0.4 is 14.2 Å². The number of ether oxygens (including phenoxy) is 3. The van der Waals surface area contributed by atoms with Gasteiger partial charge in [0.2, 0.25) is 0 Å². The Kier molecular flexibility index (Phi) is 8.03. The maximum Gasteiger partial charge on any atom is 0.343 e. The molecule has 0 N–H and O–H groups in total. The maximum absolute atomic E-state index is 12.9. The van der Waals surface area contributed by atoms with Crippen LogP contribution in [0.4, 0.5) is 4.79 Å². The number of thioether (sulfide) groups is 1. The molecule has 0 bridgehead atoms. The summed E-state index contributed by atoms with van der Waals surface area (Å²) in [6.45, 7) is 0.0783. The summed E-state index contributed by atoms with van der Waals surface area (Å²) >= 11 is 10.4. The fourth-order valence-electron chi connectivity index (χ4n) is 3.39. The van der Waals surface area contributed by atoms with Crippen LogP contribution in [0.25, 0.3) is 6.08 Å². The molecule has 1 fully saturated rings. The molecule has 2 amide bonds. The van der Waals surface area contributed by atoms with Crippen LogP contribution in [-0.4, -0.2) is 36.2 Å². The van der Waals surface area contributed by atoms with Gasteiger partial charge in [-0.15, -0.1) is 0 Å². The zero-order valence-corrected chi connectivity index (χ0v) is 22.3. The summed E-state index contributed by atoms with van der Waals surface area (Å²) in [5.41, 5.74) is 1.59. The molecule has 1 aliphatic heterocycles. The third-order valence-electron chi connectivity index (χ3n) is 5.23. The summed E-state index contributed by atoms with van der Waals surface area (Å²) in [6.07, 6.45) is 1.58. The SMILES string of the molecule is COc1ccc(C(=O)Oc2c(Br)cc(/C=C3\SC(=O)N(Cc4ccccc4Cl)C3=O)cc2OC)cc1. The molecule has 3 aromatic rings. The molecule has 1 heterocycles. The molecule has 7 nitrogen and oxygen atoms in total. The van der Waals surface area contributed by atoms with E-state index in [2.05, 4.69) is 15.9 Å². The lowest BCUT2D eigenvalue weighted by atomic mass is 10.1. The first-order valence-electron chi connectivity index (χ1n) is 10.5. The second kappa shape index (κ2) is 11.2. The second-order valence-electron chi connectivity index (χ2n) is 7.51. The van der Waals surface area contributed by atoms with Crippen molar-refractivity contribution in [1.29, 1.82) is 0 Å². The molecule has 1 saturated heterocycles. The first-order chi connectivity index (χ1) is 17.3. The van der Waals surface area contributed by atoms with Gasteiger partial charge in [0.05, 0.1) is 35.7 Å². The Morgan fingerprint density at radius 2 is 1.78 bits per heavy atom. The summed E-state index contributed by atoms with van der Waals surface area (Å²) in [7, 11) is 2.98. The number of hydrogen-bond acceptors (Lipinski definition) is 7. The number of amides is 2. The monoisotopic (exact) mass is 587 g/mol. The van der Waals surface area contributed by atoms with Crippen LogP contribution >= 0.6 is 39.3 Å². The highest BCUT2D eigenvalue weighted by Gasteiger charge is 2.35. The van der Waals surface area contributed by atoms with E-state index in [4.69, 9.17) is 25.8 Å². The molecule has 184 valence electrons. The van der Waals surface area contributed by atoms with Gasteiger partial charge in [-0.3, -0.25) is 14.5 Å². The topological polar surface area (TPSA) is 82.1 Å². The van der Waals surface area contributed by atoms with Crippen molar-refractivity contribution in [2.45, 2.75) is 6.54 Å². The molecule has 10 heteroatoms. The Labute approximate surface area is 225 Å². The van der Waals surface area contributed by atoms with Gasteiger partial charge in [0.25, 0.3) is 11.1 Å². The Morgan fingerprint density at radius 3 is 2.44 bits per heavy atom. The number of methoxy groups -OCH3 is 2. The van der Waals surface area contributed by atoms with Crippen LogP contribution in [-0.2, 0) is 11.3 Å². The van der Waals surface area contributed by atoms with Crippen molar-refractivity contribution in [2.24, 2.45) is 0 Å². The Hall–Kier alpha value is -3.27. The van der Waals surface area contributed by atoms with Crippen LogP contribution in [0.2, 0.25) is 5.02 Å². The van der Waals surface area contributed by atoms with Crippen LogP contribution in [0, 0.1) is 0 Å². The predicted octanol–water partition coefficient (Wildman–Crippen LogP) is 6.58. The van der Waals surface area contributed by atoms with Crippen LogP contribution in [0.5, 0.6) is 17.2 Å². The molecule has 0 aromatic heterocycles. The van der Waals surface area contributed by atoms with Crippen molar-refractivity contribution < 1.29 is 28.6 Å². The van der Waals surface area contributed by atoms with Gasteiger partial charge >= 0.3 is 5.97 Å². The van der Waals surface area contributed by atoms with Crippen molar-refractivity contribution in [3.05, 3.63) is 91.8 Å². The van der Waals surface area contributed by atoms with Crippen LogP contribution in [0.3, 0.4) is 0 Å². The minimum absolute atomic E-state index is 0.0783. The van der Waals surface area contributed by atoms with Gasteiger partial charge in [-0.1, -0.05) is 29.8 Å². The lowest BCUT2D eigenvalue weighted by molar-refractivity contribution is -0.123. The molecule has 36 heavy (non-hydrogen) atoms. The quantitative estimate of drug-likeness (QED) is 0.175. The van der Waals surface area contributed by atoms with Gasteiger partial charge < -0.3 is 14.2 Å². The van der Waals surface area contributed by atoms with Crippen molar-refractivity contribution in [3.63, 3.8) is 0 Å². The normalized spacial score (nSPS) is 14.3. The highest BCUT2D eigenvalue weighted by Crippen LogP contribution is 2.40. The number of esters is 1. The highest BCUT2D eigenvalue weighted by molar-refractivity contribution is 9.10. The number of nitrogens with zero attached hydrogens (tertiary/aromatic N) is 1. The fourth-order valence-corrected chi connectivity index (χ4v) is 4.96. The van der Waals surface area contributed by atoms with Crippen molar-refractivity contribution in [2.75, 3.05) is 14.2 Å². The lowest BCUT2D eigenvalue weighted by Crippen LogP contribution is -2.27. The van der Waals surface area contributed by atoms with Gasteiger partial charge in [0.1, 0.15) is 5.75 Å². The van der Waals surface area contributed by atoms with E-state index >= 15 is 0 Å². The molecule has 3 aromatic carbocycles. The van der Waals surface area contributed by atoms with Gasteiger partial charge in [-0.25, -0.2) is 4.79 Å². The lowest BCUT2D eigenvalue weighted by Gasteiger charge is -2.13. The summed E-state index contributed by atoms with van der Waals surface area (Å²) in [5.74, 6) is 0.0705. The first kappa shape index (κ1) is 25.8. The van der Waals surface area contributed by atoms with Gasteiger partial charge in [-0.2, -0.15) is 0 Å². The molecule has 0 saturated carbocycles. The smallest absolute Gasteiger partial charge is 0.343 e. The Bertz CT molecular complexity index is 1380. The van der Waals surface area contributed by atoms with E-state index in [1.54, 1.807) is 66.7 Å². The molecule has 0 unspecified atom stereocenters. The Morgan fingerprint density at radius 1 is 1.06 bits per heavy atom. The van der Waals surface area contributed by atoms with Crippen molar-refractivity contribution >= 4 is 62.5 Å². The minimum Gasteiger partial charge on any atom is -0.497 e. The first-order valence-corrected chi connectivity index (χ1v) is 12.5. The second-order valence-corrected chi connectivity index (χ2v) is 9.77. The summed E-state index contributed by atoms with van der Waals surface area (Å²) < 4.78 is 16.5. The molecule has 4 rings (SSSR count). The van der Waals surface area contributed by atoms with E-state index in [1.807, 2.05) is 0 Å². The molecule has 0 atom stereocenters. The number of imide groups is 1. The number of halogens is 2. The predicted molar refractivity (Wildman–Crippen MR) is 142 cm³/mol. The third kappa shape index (κ3) is 5.59.